The normalized spacial score (nSPS) is 37.4. The van der Waals surface area contributed by atoms with Gasteiger partial charge in [0.2, 0.25) is 5.91 Å². The Kier molecular flexibility index (Phi) is 11.7. The summed E-state index contributed by atoms with van der Waals surface area (Å²) >= 11 is 12.2. The van der Waals surface area contributed by atoms with Crippen molar-refractivity contribution in [2.24, 2.45) is 74.9 Å². The molecule has 8 nitrogen and oxygen atoms in total. The number of carbonyl (C=O) groups is 5. The Labute approximate surface area is 362 Å². The number of Topliss-reactive ketones (excluding diaryl/α,β-unsaturated/α-hetero) is 2. The second-order valence-corrected chi connectivity index (χ2v) is 22.7. The maximum Gasteiger partial charge on any atom is 0.306 e. The Morgan fingerprint density at radius 1 is 0.898 bits per heavy atom. The molecule has 0 heterocycles. The molecular weight excluding hydrogens is 783 g/mol. The SMILES string of the molecule is CC(C)C1=C2C3CCC4C(C)(CCC5C(C)(C)C(CC(=O)C6CC(C(=O)O)C6C)CCC54C)C3CCC2(CCNC(=O)C(C)(C)NC(=O)c2ccc(Cl)c(Cl)c2)CC1=O. The third-order valence-corrected chi connectivity index (χ3v) is 18.7. The van der Waals surface area contributed by atoms with Gasteiger partial charge in [-0.3, -0.25) is 24.0 Å². The number of carbonyl (C=O) groups excluding carboxylic acids is 4. The van der Waals surface area contributed by atoms with Crippen molar-refractivity contribution in [1.82, 2.24) is 10.6 Å². The van der Waals surface area contributed by atoms with E-state index in [1.807, 2.05) is 6.92 Å². The van der Waals surface area contributed by atoms with E-state index < -0.39 is 17.4 Å². The first-order chi connectivity index (χ1) is 27.5. The first-order valence-electron chi connectivity index (χ1n) is 22.6. The van der Waals surface area contributed by atoms with Crippen LogP contribution in [-0.2, 0) is 19.2 Å². The number of rotatable bonds is 11. The zero-order valence-electron chi connectivity index (χ0n) is 36.9. The molecule has 0 saturated heterocycles. The van der Waals surface area contributed by atoms with E-state index in [4.69, 9.17) is 23.2 Å². The number of aliphatic carboxylic acids is 1. The fraction of sp³-hybridized carbons (Fsp3) is 0.735. The van der Waals surface area contributed by atoms with Gasteiger partial charge in [0.1, 0.15) is 11.3 Å². The molecule has 59 heavy (non-hydrogen) atoms. The summed E-state index contributed by atoms with van der Waals surface area (Å²) in [5, 5.41) is 16.2. The highest BCUT2D eigenvalue weighted by Crippen LogP contribution is 2.74. The van der Waals surface area contributed by atoms with Gasteiger partial charge in [-0.15, -0.1) is 0 Å². The van der Waals surface area contributed by atoms with Gasteiger partial charge in [-0.1, -0.05) is 77.2 Å². The van der Waals surface area contributed by atoms with Crippen LogP contribution in [0.5, 0.6) is 0 Å². The Balaban J connectivity index is 1.05. The lowest BCUT2D eigenvalue weighted by Gasteiger charge is -2.69. The zero-order valence-corrected chi connectivity index (χ0v) is 38.4. The van der Waals surface area contributed by atoms with Crippen LogP contribution >= 0.6 is 23.2 Å². The van der Waals surface area contributed by atoms with Crippen LogP contribution in [0.3, 0.4) is 0 Å². The standard InChI is InChI=1S/C49H68Cl2N2O6/c1-26(2)40-37(55)25-49(20-21-52-44(59)46(6,7)53-42(56)28-10-12-34(50)35(51)22-28)19-15-33-30(41(40)49)11-13-39-47(33,8)18-16-38-45(4,5)29(14-17-48(38,39)9)23-36(54)31-24-32(27(31)3)43(57)58/h10,12,22,26-27,29-33,38-39H,11,13-21,23-25H2,1-9H3,(H,52,59)(H,53,56)(H,57,58). The van der Waals surface area contributed by atoms with Crippen LogP contribution in [0.25, 0.3) is 0 Å². The number of halogens is 2. The van der Waals surface area contributed by atoms with Gasteiger partial charge in [0.05, 0.1) is 16.0 Å². The third-order valence-electron chi connectivity index (χ3n) is 18.0. The highest BCUT2D eigenvalue weighted by atomic mass is 35.5. The number of amides is 2. The Bertz CT molecular complexity index is 1950. The zero-order chi connectivity index (χ0) is 43.2. The molecule has 0 aromatic heterocycles. The van der Waals surface area contributed by atoms with E-state index in [9.17, 15) is 29.1 Å². The summed E-state index contributed by atoms with van der Waals surface area (Å²) < 4.78 is 0. The van der Waals surface area contributed by atoms with Crippen molar-refractivity contribution in [3.8, 4) is 0 Å². The average molecular weight is 852 g/mol. The summed E-state index contributed by atoms with van der Waals surface area (Å²) in [5.41, 5.74) is 1.65. The molecule has 0 bridgehead atoms. The smallest absolute Gasteiger partial charge is 0.306 e. The molecule has 2 amide bonds. The average Bonchev–Trinajstić information content (AvgIpc) is 3.45. The molecule has 0 radical (unpaired) electrons. The Morgan fingerprint density at radius 3 is 2.24 bits per heavy atom. The van der Waals surface area contributed by atoms with Crippen LogP contribution in [0.4, 0.5) is 0 Å². The molecule has 0 aliphatic heterocycles. The van der Waals surface area contributed by atoms with Crippen LogP contribution in [0.15, 0.2) is 29.3 Å². The summed E-state index contributed by atoms with van der Waals surface area (Å²) in [6.45, 7) is 20.1. The number of ketones is 2. The van der Waals surface area contributed by atoms with Crippen molar-refractivity contribution < 1.29 is 29.1 Å². The van der Waals surface area contributed by atoms with Crippen LogP contribution in [0.1, 0.15) is 150 Å². The van der Waals surface area contributed by atoms with Crippen molar-refractivity contribution in [3.05, 3.63) is 45.0 Å². The predicted molar refractivity (Wildman–Crippen MR) is 232 cm³/mol. The highest BCUT2D eigenvalue weighted by Gasteiger charge is 2.66. The summed E-state index contributed by atoms with van der Waals surface area (Å²) in [7, 11) is 0. The minimum Gasteiger partial charge on any atom is -0.481 e. The Morgan fingerprint density at radius 2 is 1.59 bits per heavy atom. The molecule has 5 fully saturated rings. The minimum atomic E-state index is -1.18. The number of fused-ring (bicyclic) bond motifs is 7. The van der Waals surface area contributed by atoms with Crippen LogP contribution < -0.4 is 10.6 Å². The molecule has 6 aliphatic carbocycles. The number of carboxylic acid groups (broad SMARTS) is 1. The van der Waals surface area contributed by atoms with E-state index in [2.05, 4.69) is 52.2 Å². The number of allylic oxidation sites excluding steroid dienone is 2. The van der Waals surface area contributed by atoms with Gasteiger partial charge in [0, 0.05) is 36.3 Å². The van der Waals surface area contributed by atoms with E-state index in [0.29, 0.717) is 72.4 Å². The molecule has 324 valence electrons. The molecule has 11 unspecified atom stereocenters. The van der Waals surface area contributed by atoms with Crippen molar-refractivity contribution in [3.63, 3.8) is 0 Å². The predicted octanol–water partition coefficient (Wildman–Crippen LogP) is 10.5. The quantitative estimate of drug-likeness (QED) is 0.203. The van der Waals surface area contributed by atoms with E-state index in [0.717, 1.165) is 56.9 Å². The van der Waals surface area contributed by atoms with Gasteiger partial charge in [0.25, 0.3) is 5.91 Å². The molecule has 7 rings (SSSR count). The highest BCUT2D eigenvalue weighted by molar-refractivity contribution is 6.42. The Hall–Kier alpha value is -2.71. The first-order valence-corrected chi connectivity index (χ1v) is 23.3. The van der Waals surface area contributed by atoms with Crippen LogP contribution in [0.2, 0.25) is 10.0 Å². The van der Waals surface area contributed by atoms with Gasteiger partial charge in [0.15, 0.2) is 5.78 Å². The van der Waals surface area contributed by atoms with E-state index in [1.54, 1.807) is 26.0 Å². The topological polar surface area (TPSA) is 130 Å². The summed E-state index contributed by atoms with van der Waals surface area (Å²) in [4.78, 5) is 66.0. The molecular formula is C49H68Cl2N2O6. The fourth-order valence-electron chi connectivity index (χ4n) is 14.8. The molecule has 3 N–H and O–H groups in total. The third kappa shape index (κ3) is 7.34. The largest absolute Gasteiger partial charge is 0.481 e. The van der Waals surface area contributed by atoms with Crippen molar-refractivity contribution in [2.75, 3.05) is 6.54 Å². The number of benzene rings is 1. The maximum atomic E-state index is 14.1. The van der Waals surface area contributed by atoms with Crippen molar-refractivity contribution in [1.29, 1.82) is 0 Å². The minimum absolute atomic E-state index is 0.0122. The lowest BCUT2D eigenvalue weighted by molar-refractivity contribution is -0.193. The van der Waals surface area contributed by atoms with E-state index in [-0.39, 0.29) is 67.8 Å². The molecule has 10 heteroatoms. The monoisotopic (exact) mass is 850 g/mol. The van der Waals surface area contributed by atoms with E-state index >= 15 is 0 Å². The van der Waals surface area contributed by atoms with Crippen LogP contribution in [0, 0.1) is 74.9 Å². The van der Waals surface area contributed by atoms with E-state index in [1.165, 1.54) is 11.6 Å². The van der Waals surface area contributed by atoms with Gasteiger partial charge in [-0.25, -0.2) is 0 Å². The molecule has 6 aliphatic rings. The fourth-order valence-corrected chi connectivity index (χ4v) is 15.1. The maximum absolute atomic E-state index is 14.1. The van der Waals surface area contributed by atoms with Gasteiger partial charge in [-0.2, -0.15) is 0 Å². The number of nitrogens with one attached hydrogen (secondary N) is 2. The lowest BCUT2D eigenvalue weighted by atomic mass is 9.35. The second kappa shape index (κ2) is 15.6. The van der Waals surface area contributed by atoms with Crippen LogP contribution in [-0.4, -0.2) is 46.5 Å². The summed E-state index contributed by atoms with van der Waals surface area (Å²) in [5.74, 6) is 0.899. The number of hydrogen-bond acceptors (Lipinski definition) is 5. The molecule has 5 saturated carbocycles. The first kappa shape index (κ1) is 44.3. The summed E-state index contributed by atoms with van der Waals surface area (Å²) in [6, 6.07) is 4.64. The molecule has 1 aromatic rings. The van der Waals surface area contributed by atoms with Gasteiger partial charge in [-0.05, 0) is 159 Å². The molecule has 11 atom stereocenters. The summed E-state index contributed by atoms with van der Waals surface area (Å²) in [6.07, 6.45) is 11.0. The van der Waals surface area contributed by atoms with Gasteiger partial charge < -0.3 is 15.7 Å². The van der Waals surface area contributed by atoms with Crippen molar-refractivity contribution in [2.45, 2.75) is 145 Å². The number of hydrogen-bond donors (Lipinski definition) is 3. The second-order valence-electron chi connectivity index (χ2n) is 21.9. The van der Waals surface area contributed by atoms with Gasteiger partial charge >= 0.3 is 5.97 Å². The lowest BCUT2D eigenvalue weighted by Crippen LogP contribution is -2.62. The molecule has 1 aromatic carbocycles. The van der Waals surface area contributed by atoms with Crippen molar-refractivity contribution >= 4 is 52.6 Å². The number of carboxylic acids is 1. The molecule has 0 spiro atoms.